The van der Waals surface area contributed by atoms with Crippen LogP contribution in [-0.4, -0.2) is 43.9 Å². The minimum absolute atomic E-state index is 0.152. The number of hydrogen-bond donors (Lipinski definition) is 0. The number of hydrogen-bond acceptors (Lipinski definition) is 5. The first-order valence-corrected chi connectivity index (χ1v) is 21.0. The van der Waals surface area contributed by atoms with E-state index in [0.717, 1.165) is 82.1 Å². The number of carbonyl (C=O) groups is 2. The van der Waals surface area contributed by atoms with Gasteiger partial charge in [0.05, 0.1) is 6.61 Å². The monoisotopic (exact) mass is 686 g/mol. The molecular weight excluding hydrogens is 606 g/mol. The van der Waals surface area contributed by atoms with Crippen molar-refractivity contribution < 1.29 is 19.1 Å². The summed E-state index contributed by atoms with van der Waals surface area (Å²) in [4.78, 5) is 27.6. The van der Waals surface area contributed by atoms with Crippen LogP contribution in [0, 0.1) is 5.92 Å². The molecule has 0 aromatic heterocycles. The molecule has 0 amide bonds. The highest BCUT2D eigenvalue weighted by Gasteiger charge is 2.17. The van der Waals surface area contributed by atoms with Crippen molar-refractivity contribution in [3.05, 3.63) is 29.3 Å². The summed E-state index contributed by atoms with van der Waals surface area (Å²) >= 11 is 0. The molecule has 0 heterocycles. The van der Waals surface area contributed by atoms with Gasteiger partial charge in [0.25, 0.3) is 0 Å². The molecule has 49 heavy (non-hydrogen) atoms. The Labute approximate surface area is 304 Å². The molecule has 0 aliphatic carbocycles. The van der Waals surface area contributed by atoms with Crippen molar-refractivity contribution in [2.24, 2.45) is 5.92 Å². The maximum atomic E-state index is 13.3. The van der Waals surface area contributed by atoms with Crippen LogP contribution in [0.5, 0.6) is 5.75 Å². The number of Topliss-reactive ketones (excluding diaryl/α,β-unsaturated/α-hetero) is 1. The molecule has 0 saturated heterocycles. The second kappa shape index (κ2) is 32.1. The van der Waals surface area contributed by atoms with Crippen LogP contribution in [0.15, 0.2) is 18.2 Å². The summed E-state index contributed by atoms with van der Waals surface area (Å²) in [7, 11) is 4.03. The first kappa shape index (κ1) is 45.1. The predicted molar refractivity (Wildman–Crippen MR) is 210 cm³/mol. The van der Waals surface area contributed by atoms with E-state index < -0.39 is 0 Å². The number of ether oxygens (including phenoxy) is 2. The fraction of sp³-hybridized carbons (Fsp3) is 0.818. The van der Waals surface area contributed by atoms with Gasteiger partial charge in [-0.15, -0.1) is 0 Å². The number of nitrogens with zero attached hydrogens (tertiary/aromatic N) is 1. The summed E-state index contributed by atoms with van der Waals surface area (Å²) < 4.78 is 11.8. The molecule has 1 aromatic carbocycles. The first-order chi connectivity index (χ1) is 23.9. The summed E-state index contributed by atoms with van der Waals surface area (Å²) in [5.41, 5.74) is 2.17. The van der Waals surface area contributed by atoms with Gasteiger partial charge in [0.15, 0.2) is 0 Å². The maximum absolute atomic E-state index is 13.3. The van der Waals surface area contributed by atoms with Gasteiger partial charge in [-0.05, 0) is 76.9 Å². The summed E-state index contributed by atoms with van der Waals surface area (Å²) in [6.07, 6.45) is 31.9. The summed E-state index contributed by atoms with van der Waals surface area (Å²) in [6.45, 7) is 8.49. The van der Waals surface area contributed by atoms with Crippen LogP contribution in [0.25, 0.3) is 0 Å². The Morgan fingerprint density at radius 2 is 1.16 bits per heavy atom. The molecule has 0 aliphatic heterocycles. The second-order valence-corrected chi connectivity index (χ2v) is 14.9. The SMILES string of the molecule is CCCCCCCCCCC(CCCCCCCCCC)C(=O)CCCCCCCOc1ccc(CC)cc1COC(=O)CCCN(C)C. The molecule has 1 aromatic rings. The fourth-order valence-electron chi connectivity index (χ4n) is 6.71. The van der Waals surface area contributed by atoms with E-state index in [2.05, 4.69) is 37.8 Å². The fourth-order valence-corrected chi connectivity index (χ4v) is 6.71. The molecular formula is C44H79NO4. The summed E-state index contributed by atoms with van der Waals surface area (Å²) in [5.74, 6) is 1.50. The van der Waals surface area contributed by atoms with Gasteiger partial charge in [-0.1, -0.05) is 149 Å². The van der Waals surface area contributed by atoms with Gasteiger partial charge in [-0.25, -0.2) is 0 Å². The number of aryl methyl sites for hydroxylation is 1. The topological polar surface area (TPSA) is 55.8 Å². The summed E-state index contributed by atoms with van der Waals surface area (Å²) in [5, 5.41) is 0. The third-order valence-corrected chi connectivity index (χ3v) is 10.0. The minimum Gasteiger partial charge on any atom is -0.493 e. The van der Waals surface area contributed by atoms with E-state index in [0.29, 0.717) is 24.7 Å². The summed E-state index contributed by atoms with van der Waals surface area (Å²) in [6, 6.07) is 6.23. The van der Waals surface area contributed by atoms with Gasteiger partial charge in [-0.3, -0.25) is 9.59 Å². The number of benzene rings is 1. The van der Waals surface area contributed by atoms with Crippen molar-refractivity contribution >= 4 is 11.8 Å². The van der Waals surface area contributed by atoms with Crippen LogP contribution < -0.4 is 4.74 Å². The molecule has 0 atom stereocenters. The lowest BCUT2D eigenvalue weighted by Gasteiger charge is -2.16. The lowest BCUT2D eigenvalue weighted by atomic mass is 9.88. The van der Waals surface area contributed by atoms with Crippen LogP contribution in [0.4, 0.5) is 0 Å². The van der Waals surface area contributed by atoms with Crippen molar-refractivity contribution in [2.75, 3.05) is 27.2 Å². The highest BCUT2D eigenvalue weighted by Crippen LogP contribution is 2.24. The van der Waals surface area contributed by atoms with Gasteiger partial charge in [0.1, 0.15) is 18.1 Å². The van der Waals surface area contributed by atoms with Gasteiger partial charge in [0, 0.05) is 24.3 Å². The van der Waals surface area contributed by atoms with E-state index in [1.807, 2.05) is 20.2 Å². The van der Waals surface area contributed by atoms with Crippen LogP contribution in [0.3, 0.4) is 0 Å². The molecule has 0 bridgehead atoms. The van der Waals surface area contributed by atoms with Crippen molar-refractivity contribution in [1.29, 1.82) is 0 Å². The average molecular weight is 686 g/mol. The molecule has 0 fully saturated rings. The molecule has 0 saturated carbocycles. The minimum atomic E-state index is -0.152. The van der Waals surface area contributed by atoms with E-state index in [1.165, 1.54) is 108 Å². The van der Waals surface area contributed by atoms with Crippen molar-refractivity contribution in [1.82, 2.24) is 4.90 Å². The number of ketones is 1. The lowest BCUT2D eigenvalue weighted by molar-refractivity contribution is -0.145. The molecule has 0 N–H and O–H groups in total. The highest BCUT2D eigenvalue weighted by atomic mass is 16.5. The zero-order valence-corrected chi connectivity index (χ0v) is 33.1. The van der Waals surface area contributed by atoms with Crippen LogP contribution in [0.2, 0.25) is 0 Å². The molecule has 0 radical (unpaired) electrons. The Balaban J connectivity index is 2.36. The third kappa shape index (κ3) is 25.7. The number of carbonyl (C=O) groups excluding carboxylic acids is 2. The van der Waals surface area contributed by atoms with Crippen molar-refractivity contribution in [3.8, 4) is 5.75 Å². The molecule has 0 aliphatic rings. The molecule has 5 nitrogen and oxygen atoms in total. The van der Waals surface area contributed by atoms with Crippen LogP contribution in [0.1, 0.15) is 199 Å². The Bertz CT molecular complexity index is 910. The second-order valence-electron chi connectivity index (χ2n) is 14.9. The first-order valence-electron chi connectivity index (χ1n) is 21.0. The smallest absolute Gasteiger partial charge is 0.306 e. The van der Waals surface area contributed by atoms with Crippen LogP contribution in [-0.2, 0) is 27.4 Å². The Hall–Kier alpha value is -1.88. The largest absolute Gasteiger partial charge is 0.493 e. The van der Waals surface area contributed by atoms with E-state index >= 15 is 0 Å². The van der Waals surface area contributed by atoms with E-state index in [4.69, 9.17) is 9.47 Å². The molecule has 1 rings (SSSR count). The zero-order valence-electron chi connectivity index (χ0n) is 33.1. The molecule has 284 valence electrons. The lowest BCUT2D eigenvalue weighted by Crippen LogP contribution is -2.15. The van der Waals surface area contributed by atoms with Crippen molar-refractivity contribution in [3.63, 3.8) is 0 Å². The number of rotatable bonds is 35. The molecule has 5 heteroatoms. The maximum Gasteiger partial charge on any atom is 0.306 e. The predicted octanol–water partition coefficient (Wildman–Crippen LogP) is 12.6. The van der Waals surface area contributed by atoms with E-state index in [1.54, 1.807) is 0 Å². The number of esters is 1. The van der Waals surface area contributed by atoms with Gasteiger partial charge in [-0.2, -0.15) is 0 Å². The van der Waals surface area contributed by atoms with Gasteiger partial charge in [0.2, 0.25) is 0 Å². The molecule has 0 spiro atoms. The zero-order chi connectivity index (χ0) is 35.8. The Kier molecular flexibility index (Phi) is 29.5. The quantitative estimate of drug-likeness (QED) is 0.0526. The van der Waals surface area contributed by atoms with Gasteiger partial charge < -0.3 is 14.4 Å². The highest BCUT2D eigenvalue weighted by molar-refractivity contribution is 5.80. The third-order valence-electron chi connectivity index (χ3n) is 10.0. The van der Waals surface area contributed by atoms with Crippen molar-refractivity contribution in [2.45, 2.75) is 201 Å². The van der Waals surface area contributed by atoms with E-state index in [-0.39, 0.29) is 12.6 Å². The van der Waals surface area contributed by atoms with Crippen LogP contribution >= 0.6 is 0 Å². The average Bonchev–Trinajstić information content (AvgIpc) is 3.09. The van der Waals surface area contributed by atoms with E-state index in [9.17, 15) is 9.59 Å². The van der Waals surface area contributed by atoms with Gasteiger partial charge >= 0.3 is 5.97 Å². The molecule has 0 unspecified atom stereocenters. The standard InChI is InChI=1S/C44H79NO4/c1-6-9-11-13-15-17-20-24-29-40(30-25-21-18-16-14-12-10-7-2)42(46)31-26-22-19-23-27-36-48-43-34-33-39(8-3)37-41(43)38-49-44(47)32-28-35-45(4)5/h33-34,37,40H,6-32,35-36,38H2,1-5H3. The Morgan fingerprint density at radius 1 is 0.633 bits per heavy atom. The number of unbranched alkanes of at least 4 members (excludes halogenated alkanes) is 18. The Morgan fingerprint density at radius 3 is 1.71 bits per heavy atom. The normalized spacial score (nSPS) is 11.5.